The van der Waals surface area contributed by atoms with E-state index in [9.17, 15) is 13.2 Å². The van der Waals surface area contributed by atoms with Crippen LogP contribution in [0.15, 0.2) is 0 Å². The molecule has 1 N–H and O–H groups in total. The van der Waals surface area contributed by atoms with Gasteiger partial charge in [-0.3, -0.25) is 4.79 Å². The van der Waals surface area contributed by atoms with Crippen LogP contribution in [0.1, 0.15) is 13.3 Å². The normalized spacial score (nSPS) is 35.5. The summed E-state index contributed by atoms with van der Waals surface area (Å²) in [7, 11) is -0.323. The van der Waals surface area contributed by atoms with Gasteiger partial charge in [-0.15, -0.1) is 0 Å². The Bertz CT molecular complexity index is 337. The summed E-state index contributed by atoms with van der Waals surface area (Å²) in [5.41, 5.74) is -1.06. The Kier molecular flexibility index (Phi) is 2.87. The molecule has 0 aromatic heterocycles. The van der Waals surface area contributed by atoms with Crippen LogP contribution in [0.25, 0.3) is 0 Å². The fraction of sp³-hybridized carbons (Fsp3) is 0.875. The average molecular weight is 221 g/mol. The second kappa shape index (κ2) is 3.51. The van der Waals surface area contributed by atoms with Crippen molar-refractivity contribution in [1.82, 2.24) is 5.32 Å². The highest BCUT2D eigenvalue weighted by atomic mass is 32.2. The van der Waals surface area contributed by atoms with Crippen molar-refractivity contribution in [3.05, 3.63) is 0 Å². The molecule has 0 aromatic rings. The Hall–Kier alpha value is -0.620. The standard InChI is InChI=1S/C8H15NO4S/c1-6-8(9-2,7(10)13-3)4-5-14(6,11)12/h6,9H,4-5H2,1-3H3. The van der Waals surface area contributed by atoms with Crippen LogP contribution in [0.3, 0.4) is 0 Å². The van der Waals surface area contributed by atoms with Crippen LogP contribution in [0.2, 0.25) is 0 Å². The summed E-state index contributed by atoms with van der Waals surface area (Å²) in [4.78, 5) is 11.5. The molecular weight excluding hydrogens is 206 g/mol. The van der Waals surface area contributed by atoms with E-state index in [2.05, 4.69) is 10.1 Å². The van der Waals surface area contributed by atoms with E-state index in [0.29, 0.717) is 0 Å². The first-order chi connectivity index (χ1) is 6.40. The van der Waals surface area contributed by atoms with Crippen molar-refractivity contribution in [1.29, 1.82) is 0 Å². The van der Waals surface area contributed by atoms with Crippen molar-refractivity contribution in [2.45, 2.75) is 24.1 Å². The first-order valence-electron chi connectivity index (χ1n) is 4.39. The maximum absolute atomic E-state index is 11.5. The second-order valence-electron chi connectivity index (χ2n) is 3.47. The average Bonchev–Trinajstić information content (AvgIpc) is 2.40. The van der Waals surface area contributed by atoms with Gasteiger partial charge in [-0.05, 0) is 20.4 Å². The van der Waals surface area contributed by atoms with Gasteiger partial charge in [0.1, 0.15) is 5.54 Å². The lowest BCUT2D eigenvalue weighted by Gasteiger charge is -2.28. The molecule has 5 nitrogen and oxygen atoms in total. The number of sulfone groups is 1. The van der Waals surface area contributed by atoms with Crippen LogP contribution in [0, 0.1) is 0 Å². The van der Waals surface area contributed by atoms with E-state index in [1.807, 2.05) is 0 Å². The lowest BCUT2D eigenvalue weighted by atomic mass is 9.93. The van der Waals surface area contributed by atoms with E-state index in [1.165, 1.54) is 14.0 Å². The summed E-state index contributed by atoms with van der Waals surface area (Å²) in [5, 5.41) is 2.05. The predicted octanol–water partition coefficient (Wildman–Crippen LogP) is -0.675. The maximum atomic E-state index is 11.5. The maximum Gasteiger partial charge on any atom is 0.327 e. The number of carbonyl (C=O) groups excluding carboxylic acids is 1. The van der Waals surface area contributed by atoms with Crippen molar-refractivity contribution in [2.24, 2.45) is 0 Å². The van der Waals surface area contributed by atoms with Crippen molar-refractivity contribution in [2.75, 3.05) is 19.9 Å². The van der Waals surface area contributed by atoms with E-state index >= 15 is 0 Å². The molecule has 1 saturated heterocycles. The largest absolute Gasteiger partial charge is 0.468 e. The van der Waals surface area contributed by atoms with Crippen LogP contribution in [-0.4, -0.2) is 45.1 Å². The number of methoxy groups -OCH3 is 1. The highest BCUT2D eigenvalue weighted by molar-refractivity contribution is 7.92. The van der Waals surface area contributed by atoms with E-state index < -0.39 is 26.6 Å². The molecule has 1 aliphatic rings. The Morgan fingerprint density at radius 3 is 2.43 bits per heavy atom. The molecule has 82 valence electrons. The van der Waals surface area contributed by atoms with Gasteiger partial charge in [0, 0.05) is 0 Å². The monoisotopic (exact) mass is 221 g/mol. The molecular formula is C8H15NO4S. The summed E-state index contributed by atoms with van der Waals surface area (Å²) in [6.45, 7) is 1.54. The van der Waals surface area contributed by atoms with E-state index in [4.69, 9.17) is 0 Å². The number of nitrogens with one attached hydrogen (secondary N) is 1. The second-order valence-corrected chi connectivity index (χ2v) is 5.91. The van der Waals surface area contributed by atoms with Gasteiger partial charge >= 0.3 is 5.97 Å². The number of ether oxygens (including phenoxy) is 1. The van der Waals surface area contributed by atoms with Gasteiger partial charge in [0.05, 0.1) is 18.1 Å². The van der Waals surface area contributed by atoms with Crippen LogP contribution >= 0.6 is 0 Å². The highest BCUT2D eigenvalue weighted by Crippen LogP contribution is 2.31. The molecule has 0 saturated carbocycles. The zero-order valence-corrected chi connectivity index (χ0v) is 9.35. The summed E-state index contributed by atoms with van der Waals surface area (Å²) in [6.07, 6.45) is 0.277. The van der Waals surface area contributed by atoms with E-state index in [1.54, 1.807) is 7.05 Å². The van der Waals surface area contributed by atoms with Gasteiger partial charge in [-0.1, -0.05) is 0 Å². The molecule has 14 heavy (non-hydrogen) atoms. The Morgan fingerprint density at radius 2 is 2.14 bits per heavy atom. The Labute approximate surface area is 83.7 Å². The first-order valence-corrected chi connectivity index (χ1v) is 6.11. The minimum atomic E-state index is -3.16. The molecule has 0 radical (unpaired) electrons. The molecule has 0 aromatic carbocycles. The third kappa shape index (κ3) is 1.42. The molecule has 1 rings (SSSR count). The van der Waals surface area contributed by atoms with Gasteiger partial charge in [-0.25, -0.2) is 8.42 Å². The van der Waals surface area contributed by atoms with Gasteiger partial charge in [0.25, 0.3) is 0 Å². The first kappa shape index (κ1) is 11.5. The fourth-order valence-electron chi connectivity index (χ4n) is 1.87. The summed E-state index contributed by atoms with van der Waals surface area (Å²) in [6, 6.07) is 0. The molecule has 0 amide bonds. The molecule has 2 atom stereocenters. The molecule has 1 fully saturated rings. The lowest BCUT2D eigenvalue weighted by Crippen LogP contribution is -2.56. The zero-order valence-electron chi connectivity index (χ0n) is 8.53. The van der Waals surface area contributed by atoms with Crippen LogP contribution < -0.4 is 5.32 Å². The molecule has 2 unspecified atom stereocenters. The van der Waals surface area contributed by atoms with Crippen molar-refractivity contribution >= 4 is 15.8 Å². The number of hydrogen-bond acceptors (Lipinski definition) is 5. The summed E-state index contributed by atoms with van der Waals surface area (Å²) in [5.74, 6) is -0.474. The minimum Gasteiger partial charge on any atom is -0.468 e. The van der Waals surface area contributed by atoms with Crippen molar-refractivity contribution < 1.29 is 17.9 Å². The number of rotatable bonds is 2. The third-order valence-corrected chi connectivity index (χ3v) is 5.26. The van der Waals surface area contributed by atoms with E-state index in [0.717, 1.165) is 0 Å². The highest BCUT2D eigenvalue weighted by Gasteiger charge is 2.54. The fourth-order valence-corrected chi connectivity index (χ4v) is 3.78. The van der Waals surface area contributed by atoms with Crippen LogP contribution in [0.4, 0.5) is 0 Å². The predicted molar refractivity (Wildman–Crippen MR) is 51.7 cm³/mol. The molecule has 0 bridgehead atoms. The lowest BCUT2D eigenvalue weighted by molar-refractivity contribution is -0.148. The smallest absolute Gasteiger partial charge is 0.327 e. The minimum absolute atomic E-state index is 0.0319. The molecule has 0 aliphatic carbocycles. The summed E-state index contributed by atoms with van der Waals surface area (Å²) < 4.78 is 27.6. The molecule has 1 aliphatic heterocycles. The van der Waals surface area contributed by atoms with Crippen molar-refractivity contribution in [3.8, 4) is 0 Å². The number of likely N-dealkylation sites (N-methyl/N-ethyl adjacent to an activating group) is 1. The van der Waals surface area contributed by atoms with Gasteiger partial charge in [0.15, 0.2) is 9.84 Å². The van der Waals surface area contributed by atoms with Gasteiger partial charge in [-0.2, -0.15) is 0 Å². The van der Waals surface area contributed by atoms with E-state index in [-0.39, 0.29) is 12.2 Å². The van der Waals surface area contributed by atoms with Gasteiger partial charge < -0.3 is 10.1 Å². The van der Waals surface area contributed by atoms with Crippen LogP contribution in [0.5, 0.6) is 0 Å². The van der Waals surface area contributed by atoms with Crippen LogP contribution in [-0.2, 0) is 19.4 Å². The topological polar surface area (TPSA) is 72.5 Å². The molecule has 0 spiro atoms. The van der Waals surface area contributed by atoms with Gasteiger partial charge in [0.2, 0.25) is 0 Å². The molecule has 1 heterocycles. The number of esters is 1. The quantitative estimate of drug-likeness (QED) is 0.626. The molecule has 6 heteroatoms. The third-order valence-electron chi connectivity index (χ3n) is 3.01. The number of hydrogen-bond donors (Lipinski definition) is 1. The van der Waals surface area contributed by atoms with Crippen molar-refractivity contribution in [3.63, 3.8) is 0 Å². The SMILES string of the molecule is CNC1(C(=O)OC)CCS(=O)(=O)C1C. The summed E-state index contributed by atoms with van der Waals surface area (Å²) >= 11 is 0. The zero-order chi connectivity index (χ0) is 11.0. The Morgan fingerprint density at radius 1 is 1.57 bits per heavy atom. The number of carbonyl (C=O) groups is 1. The Balaban J connectivity index is 3.11.